The molecule has 0 aromatic heterocycles. The van der Waals surface area contributed by atoms with Gasteiger partial charge in [0.15, 0.2) is 0 Å². The molecule has 0 atom stereocenters. The van der Waals surface area contributed by atoms with Gasteiger partial charge in [-0.05, 0) is 0 Å². The second-order valence-electron chi connectivity index (χ2n) is 0.250. The average molecular weight is 197 g/mol. The summed E-state index contributed by atoms with van der Waals surface area (Å²) in [4.78, 5) is 17.0. The van der Waals surface area contributed by atoms with E-state index in [0.29, 0.717) is 0 Å². The van der Waals surface area contributed by atoms with Crippen LogP contribution in [0.3, 0.4) is 0 Å². The predicted octanol–water partition coefficient (Wildman–Crippen LogP) is -8.99. The molecule has 0 aromatic carbocycles. The fraction of sp³-hybridized carbons (Fsp3) is 0. The van der Waals surface area contributed by atoms with Crippen LogP contribution in [0.4, 0.5) is 0 Å². The normalized spacial score (nSPS) is 3.00. The molecule has 0 unspecified atom stereocenters. The van der Waals surface area contributed by atoms with Crippen molar-refractivity contribution in [2.24, 2.45) is 0 Å². The molecule has 8 heavy (non-hydrogen) atoms. The first-order chi connectivity index (χ1) is 1.73. The Morgan fingerprint density at radius 1 is 1.12 bits per heavy atom. The van der Waals surface area contributed by atoms with Gasteiger partial charge in [0.1, 0.15) is 0 Å². The smallest absolute Gasteiger partial charge is 2.00 e. The van der Waals surface area contributed by atoms with Crippen molar-refractivity contribution in [3.8, 4) is 0 Å². The Morgan fingerprint density at radius 2 is 1.12 bits per heavy atom. The van der Waals surface area contributed by atoms with Gasteiger partial charge in [-0.2, -0.15) is 0 Å². The molecule has 0 bridgehead atoms. The molecule has 0 spiro atoms. The van der Waals surface area contributed by atoms with Gasteiger partial charge < -0.3 is 19.5 Å². The predicted molar refractivity (Wildman–Crippen MR) is 7.13 cm³/mol. The third-order valence-corrected chi connectivity index (χ3v) is 0. The van der Waals surface area contributed by atoms with Crippen LogP contribution in [0.2, 0.25) is 0 Å². The van der Waals surface area contributed by atoms with Crippen LogP contribution in [0.15, 0.2) is 0 Å². The Bertz CT molecular complexity index is 37.0. The summed E-state index contributed by atoms with van der Waals surface area (Å²) in [5, 5.41) is 0. The summed E-state index contributed by atoms with van der Waals surface area (Å²) in [5.74, 6) is 0. The summed E-state index contributed by atoms with van der Waals surface area (Å²) >= 11 is 0. The summed E-state index contributed by atoms with van der Waals surface area (Å²) in [6, 6.07) is 0. The Kier molecular flexibility index (Phi) is 92.4. The Labute approximate surface area is 103 Å². The summed E-state index contributed by atoms with van der Waals surface area (Å²) in [6.45, 7) is 0. The maximum Gasteiger partial charge on any atom is 2.00 e. The minimum atomic E-state index is -3.63. The molecular weight excluding hydrogens is 197 g/mol. The zero-order chi connectivity index (χ0) is 3.58. The van der Waals surface area contributed by atoms with E-state index >= 15 is 0 Å². The molecule has 0 heterocycles. The average Bonchev–Trinajstić information content (AvgIpc) is 0.811. The van der Waals surface area contributed by atoms with Crippen molar-refractivity contribution in [1.29, 1.82) is 0 Å². The van der Waals surface area contributed by atoms with Crippen molar-refractivity contribution >= 4 is 9.17 Å². The van der Waals surface area contributed by atoms with Crippen LogP contribution >= 0.6 is 0 Å². The van der Waals surface area contributed by atoms with E-state index in [1.807, 2.05) is 0 Å². The van der Waals surface area contributed by atoms with E-state index in [1.165, 1.54) is 0 Å². The first kappa shape index (κ1) is 32.2. The van der Waals surface area contributed by atoms with E-state index in [9.17, 15) is 0 Å². The number of rotatable bonds is 0. The molecule has 0 N–H and O–H groups in total. The molecule has 4 nitrogen and oxygen atoms in total. The molecule has 0 amide bonds. The molecule has 0 saturated heterocycles. The summed E-state index contributed by atoms with van der Waals surface area (Å²) in [6.07, 6.45) is 0. The maximum atomic E-state index is 8.52. The van der Waals surface area contributed by atoms with Crippen LogP contribution in [-0.2, 0) is 26.7 Å². The molecular formula is CoNa2O4Si. The van der Waals surface area contributed by atoms with Gasteiger partial charge in [-0.25, -0.2) is 0 Å². The zero-order valence-corrected chi connectivity index (χ0v) is 10.5. The minimum absolute atomic E-state index is 0. The minimum Gasteiger partial charge on any atom is -2.00 e. The van der Waals surface area contributed by atoms with E-state index in [-0.39, 0.29) is 81.4 Å². The van der Waals surface area contributed by atoms with Gasteiger partial charge in [-0.1, -0.05) is 0 Å². The maximum absolute atomic E-state index is 8.52. The van der Waals surface area contributed by atoms with Crippen molar-refractivity contribution in [2.45, 2.75) is 0 Å². The third kappa shape index (κ3) is 93.4. The van der Waals surface area contributed by atoms with E-state index in [4.69, 9.17) is 14.1 Å². The monoisotopic (exact) mass is 197 g/mol. The fourth-order valence-corrected chi connectivity index (χ4v) is 0. The van der Waals surface area contributed by atoms with Gasteiger partial charge >= 0.3 is 75.9 Å². The second-order valence-corrected chi connectivity index (χ2v) is 0.750. The number of hydrogen-bond donors (Lipinski definition) is 0. The van der Waals surface area contributed by atoms with Gasteiger partial charge in [0, 0.05) is 9.17 Å². The van der Waals surface area contributed by atoms with E-state index < -0.39 is 9.17 Å². The summed E-state index contributed by atoms with van der Waals surface area (Å²) in [7, 11) is -3.63. The molecule has 0 aliphatic heterocycles. The molecule has 0 aromatic rings. The molecule has 0 aliphatic rings. The van der Waals surface area contributed by atoms with Crippen LogP contribution in [0, 0.1) is 0 Å². The molecule has 0 rings (SSSR count). The van der Waals surface area contributed by atoms with Crippen LogP contribution in [-0.4, -0.2) is 9.17 Å². The first-order valence-electron chi connectivity index (χ1n) is 0.612. The quantitative estimate of drug-likeness (QED) is 0.361. The first-order valence-corrected chi connectivity index (χ1v) is 1.84. The van der Waals surface area contributed by atoms with Gasteiger partial charge in [-0.15, -0.1) is 0 Å². The van der Waals surface area contributed by atoms with Crippen molar-refractivity contribution in [2.75, 3.05) is 0 Å². The Balaban J connectivity index is -0.00000000750. The summed E-state index contributed by atoms with van der Waals surface area (Å²) < 4.78 is 8.52. The van der Waals surface area contributed by atoms with Crippen LogP contribution in [0.5, 0.6) is 0 Å². The molecule has 8 heteroatoms. The molecule has 0 fully saturated rings. The number of hydrogen-bond acceptors (Lipinski definition) is 3. The Morgan fingerprint density at radius 3 is 1.12 bits per heavy atom. The molecule has 1 radical (unpaired) electrons. The molecule has 0 saturated carbocycles. The van der Waals surface area contributed by atoms with Gasteiger partial charge in [-0.3, -0.25) is 0 Å². The van der Waals surface area contributed by atoms with Gasteiger partial charge in [0.05, 0.1) is 0 Å². The van der Waals surface area contributed by atoms with Crippen molar-refractivity contribution < 1.29 is 95.4 Å². The van der Waals surface area contributed by atoms with Crippen LogP contribution in [0.1, 0.15) is 0 Å². The summed E-state index contributed by atoms with van der Waals surface area (Å²) in [5.41, 5.74) is 0. The fourth-order valence-electron chi connectivity index (χ4n) is 0. The van der Waals surface area contributed by atoms with E-state index in [1.54, 1.807) is 0 Å². The topological polar surface area (TPSA) is 91.7 Å². The van der Waals surface area contributed by atoms with E-state index in [0.717, 1.165) is 0 Å². The van der Waals surface area contributed by atoms with Gasteiger partial charge in [0.25, 0.3) is 0 Å². The second kappa shape index (κ2) is 23.0. The van der Waals surface area contributed by atoms with Crippen molar-refractivity contribution in [3.63, 3.8) is 0 Å². The van der Waals surface area contributed by atoms with Gasteiger partial charge in [0.2, 0.25) is 0 Å². The van der Waals surface area contributed by atoms with Crippen molar-refractivity contribution in [3.05, 3.63) is 0 Å². The SMILES string of the molecule is O=[Si]([O-])[O-].[Co+2].[Na+].[Na+].[O-2]. The largest absolute Gasteiger partial charge is 2.00 e. The van der Waals surface area contributed by atoms with Crippen LogP contribution < -0.4 is 68.7 Å². The van der Waals surface area contributed by atoms with Crippen LogP contribution in [0.25, 0.3) is 0 Å². The molecule has 39 valence electrons. The van der Waals surface area contributed by atoms with Crippen molar-refractivity contribution in [1.82, 2.24) is 0 Å². The third-order valence-electron chi connectivity index (χ3n) is 0. The molecule has 0 aliphatic carbocycles. The Hall–Kier alpha value is 2.08. The zero-order valence-electron chi connectivity index (χ0n) is 4.47. The standard InChI is InChI=1S/Co.2Na.O3Si.O/c;;;1-4(2)3;/q+2;2*+1;2*-2. The van der Waals surface area contributed by atoms with E-state index in [2.05, 4.69) is 0 Å².